The summed E-state index contributed by atoms with van der Waals surface area (Å²) in [6, 6.07) is 6.50. The average Bonchev–Trinajstić information content (AvgIpc) is 2.34. The predicted octanol–water partition coefficient (Wildman–Crippen LogP) is 4.86. The SMILES string of the molecule is CC(C)(C)OC(=O)N1CC(c2ccc(C(C)(C)C(F)(F)F)cc2)C1. The number of hydrogen-bond acceptors (Lipinski definition) is 2. The van der Waals surface area contributed by atoms with Crippen LogP contribution in [0.4, 0.5) is 18.0 Å². The Morgan fingerprint density at radius 2 is 1.54 bits per heavy atom. The van der Waals surface area contributed by atoms with Crippen LogP contribution in [0.5, 0.6) is 0 Å². The minimum absolute atomic E-state index is 0.139. The molecule has 0 N–H and O–H groups in total. The molecular weight excluding hydrogens is 319 g/mol. The molecule has 1 heterocycles. The third-order valence-electron chi connectivity index (χ3n) is 4.35. The van der Waals surface area contributed by atoms with Crippen molar-refractivity contribution in [2.24, 2.45) is 0 Å². The molecule has 2 rings (SSSR count). The summed E-state index contributed by atoms with van der Waals surface area (Å²) in [5.41, 5.74) is -1.24. The molecule has 24 heavy (non-hydrogen) atoms. The molecule has 3 nitrogen and oxygen atoms in total. The molecule has 0 atom stereocenters. The van der Waals surface area contributed by atoms with Crippen LogP contribution in [-0.2, 0) is 10.2 Å². The zero-order valence-corrected chi connectivity index (χ0v) is 14.7. The van der Waals surface area contributed by atoms with Crippen molar-refractivity contribution in [1.29, 1.82) is 0 Å². The summed E-state index contributed by atoms with van der Waals surface area (Å²) < 4.78 is 44.5. The van der Waals surface area contributed by atoms with Gasteiger partial charge in [0.05, 0.1) is 5.41 Å². The van der Waals surface area contributed by atoms with Crippen molar-refractivity contribution in [1.82, 2.24) is 4.90 Å². The number of nitrogens with zero attached hydrogens (tertiary/aromatic N) is 1. The lowest BCUT2D eigenvalue weighted by atomic mass is 9.82. The smallest absolute Gasteiger partial charge is 0.410 e. The van der Waals surface area contributed by atoms with Gasteiger partial charge < -0.3 is 9.64 Å². The van der Waals surface area contributed by atoms with E-state index >= 15 is 0 Å². The van der Waals surface area contributed by atoms with Crippen LogP contribution in [0.1, 0.15) is 51.7 Å². The van der Waals surface area contributed by atoms with Crippen LogP contribution in [0.25, 0.3) is 0 Å². The fourth-order valence-corrected chi connectivity index (χ4v) is 2.50. The van der Waals surface area contributed by atoms with E-state index in [9.17, 15) is 18.0 Å². The Morgan fingerprint density at radius 1 is 1.04 bits per heavy atom. The van der Waals surface area contributed by atoms with E-state index in [4.69, 9.17) is 4.74 Å². The highest BCUT2D eigenvalue weighted by molar-refractivity contribution is 5.69. The Morgan fingerprint density at radius 3 is 1.96 bits per heavy atom. The van der Waals surface area contributed by atoms with E-state index in [0.29, 0.717) is 13.1 Å². The van der Waals surface area contributed by atoms with Crippen molar-refractivity contribution in [3.63, 3.8) is 0 Å². The van der Waals surface area contributed by atoms with Crippen molar-refractivity contribution in [3.8, 4) is 0 Å². The normalized spacial score (nSPS) is 16.8. The van der Waals surface area contributed by atoms with Gasteiger partial charge in [-0.2, -0.15) is 13.2 Å². The lowest BCUT2D eigenvalue weighted by Gasteiger charge is -2.40. The molecule has 1 aliphatic rings. The number of alkyl halides is 3. The molecule has 1 aromatic carbocycles. The second kappa shape index (κ2) is 5.97. The second-order valence-electron chi connectivity index (χ2n) is 7.83. The Bertz CT molecular complexity index is 594. The number of carbonyl (C=O) groups excluding carboxylic acids is 1. The topological polar surface area (TPSA) is 29.5 Å². The fraction of sp³-hybridized carbons (Fsp3) is 0.611. The van der Waals surface area contributed by atoms with E-state index < -0.39 is 17.2 Å². The summed E-state index contributed by atoms with van der Waals surface area (Å²) in [5.74, 6) is 0.139. The van der Waals surface area contributed by atoms with Crippen molar-refractivity contribution < 1.29 is 22.7 Å². The first-order valence-electron chi connectivity index (χ1n) is 7.96. The predicted molar refractivity (Wildman–Crippen MR) is 86.1 cm³/mol. The molecule has 1 aliphatic heterocycles. The highest BCUT2D eigenvalue weighted by Gasteiger charge is 2.48. The summed E-state index contributed by atoms with van der Waals surface area (Å²) >= 11 is 0. The second-order valence-corrected chi connectivity index (χ2v) is 7.83. The van der Waals surface area contributed by atoms with Gasteiger partial charge in [-0.3, -0.25) is 0 Å². The highest BCUT2D eigenvalue weighted by Crippen LogP contribution is 2.41. The van der Waals surface area contributed by atoms with Crippen LogP contribution in [0.3, 0.4) is 0 Å². The number of hydrogen-bond donors (Lipinski definition) is 0. The maximum Gasteiger partial charge on any atom is 0.410 e. The largest absolute Gasteiger partial charge is 0.444 e. The monoisotopic (exact) mass is 343 g/mol. The van der Waals surface area contributed by atoms with Gasteiger partial charge in [0.15, 0.2) is 0 Å². The molecule has 0 spiro atoms. The highest BCUT2D eigenvalue weighted by atomic mass is 19.4. The molecule has 134 valence electrons. The van der Waals surface area contributed by atoms with Crippen molar-refractivity contribution in [3.05, 3.63) is 35.4 Å². The number of amides is 1. The summed E-state index contributed by atoms with van der Waals surface area (Å²) in [7, 11) is 0. The summed E-state index contributed by atoms with van der Waals surface area (Å²) in [6.45, 7) is 8.83. The van der Waals surface area contributed by atoms with Gasteiger partial charge >= 0.3 is 12.3 Å². The van der Waals surface area contributed by atoms with E-state index in [2.05, 4.69) is 0 Å². The first-order chi connectivity index (χ1) is 10.8. The molecule has 0 saturated carbocycles. The number of benzene rings is 1. The molecule has 0 bridgehead atoms. The first-order valence-corrected chi connectivity index (χ1v) is 7.96. The van der Waals surface area contributed by atoms with E-state index in [-0.39, 0.29) is 17.6 Å². The summed E-state index contributed by atoms with van der Waals surface area (Å²) in [6.07, 6.45) is -4.65. The minimum Gasteiger partial charge on any atom is -0.444 e. The molecular formula is C18H24F3NO2. The van der Waals surface area contributed by atoms with Gasteiger partial charge in [-0.15, -0.1) is 0 Å². The molecule has 1 amide bonds. The molecule has 0 aromatic heterocycles. The molecule has 0 unspecified atom stereocenters. The summed E-state index contributed by atoms with van der Waals surface area (Å²) in [4.78, 5) is 13.5. The Kier molecular flexibility index (Phi) is 4.63. The Balaban J connectivity index is 1.98. The molecule has 1 aromatic rings. The van der Waals surface area contributed by atoms with Crippen LogP contribution in [0.2, 0.25) is 0 Å². The standard InChI is InChI=1S/C18H24F3NO2/c1-16(2,3)24-15(23)22-10-13(11-22)12-6-8-14(9-7-12)17(4,5)18(19,20)21/h6-9,13H,10-11H2,1-5H3. The molecule has 0 radical (unpaired) electrons. The maximum absolute atomic E-state index is 13.1. The number of likely N-dealkylation sites (tertiary alicyclic amines) is 1. The van der Waals surface area contributed by atoms with E-state index in [1.165, 1.54) is 26.0 Å². The first kappa shape index (κ1) is 18.6. The zero-order chi connectivity index (χ0) is 18.3. The van der Waals surface area contributed by atoms with Gasteiger partial charge in [0.1, 0.15) is 5.60 Å². The molecule has 1 saturated heterocycles. The molecule has 6 heteroatoms. The van der Waals surface area contributed by atoms with E-state index in [1.54, 1.807) is 17.0 Å². The van der Waals surface area contributed by atoms with Crippen LogP contribution in [0, 0.1) is 0 Å². The third kappa shape index (κ3) is 3.84. The molecule has 0 aliphatic carbocycles. The number of ether oxygens (including phenoxy) is 1. The van der Waals surface area contributed by atoms with Crippen LogP contribution < -0.4 is 0 Å². The third-order valence-corrected chi connectivity index (χ3v) is 4.35. The Labute approximate surface area is 140 Å². The van der Waals surface area contributed by atoms with Gasteiger partial charge in [-0.05, 0) is 45.7 Å². The van der Waals surface area contributed by atoms with Crippen LogP contribution in [-0.4, -0.2) is 35.9 Å². The van der Waals surface area contributed by atoms with Crippen molar-refractivity contribution in [2.75, 3.05) is 13.1 Å². The van der Waals surface area contributed by atoms with Crippen LogP contribution in [0.15, 0.2) is 24.3 Å². The van der Waals surface area contributed by atoms with E-state index in [1.807, 2.05) is 20.8 Å². The van der Waals surface area contributed by atoms with Crippen LogP contribution >= 0.6 is 0 Å². The lowest BCUT2D eigenvalue weighted by molar-refractivity contribution is -0.180. The quantitative estimate of drug-likeness (QED) is 0.767. The number of halogens is 3. The lowest BCUT2D eigenvalue weighted by Crippen LogP contribution is -2.50. The van der Waals surface area contributed by atoms with Crippen molar-refractivity contribution in [2.45, 2.75) is 57.7 Å². The summed E-state index contributed by atoms with van der Waals surface area (Å²) in [5, 5.41) is 0. The van der Waals surface area contributed by atoms with Gasteiger partial charge in [0, 0.05) is 19.0 Å². The molecule has 1 fully saturated rings. The van der Waals surface area contributed by atoms with Gasteiger partial charge in [-0.1, -0.05) is 24.3 Å². The van der Waals surface area contributed by atoms with Crippen molar-refractivity contribution >= 4 is 6.09 Å². The number of rotatable bonds is 2. The van der Waals surface area contributed by atoms with Gasteiger partial charge in [0.25, 0.3) is 0 Å². The maximum atomic E-state index is 13.1. The zero-order valence-electron chi connectivity index (χ0n) is 14.7. The van der Waals surface area contributed by atoms with Gasteiger partial charge in [0.2, 0.25) is 0 Å². The number of carbonyl (C=O) groups is 1. The van der Waals surface area contributed by atoms with Gasteiger partial charge in [-0.25, -0.2) is 4.79 Å². The Hall–Kier alpha value is -1.72. The minimum atomic E-state index is -4.29. The average molecular weight is 343 g/mol. The van der Waals surface area contributed by atoms with E-state index in [0.717, 1.165) is 5.56 Å². The fourth-order valence-electron chi connectivity index (χ4n) is 2.50.